The summed E-state index contributed by atoms with van der Waals surface area (Å²) in [7, 11) is 0. The van der Waals surface area contributed by atoms with Gasteiger partial charge in [0.2, 0.25) is 0 Å². The number of anilines is 1. The van der Waals surface area contributed by atoms with E-state index in [1.165, 1.54) is 0 Å². The molecule has 0 spiro atoms. The van der Waals surface area contributed by atoms with Crippen LogP contribution in [0.25, 0.3) is 0 Å². The lowest BCUT2D eigenvalue weighted by Crippen LogP contribution is -2.15. The topological polar surface area (TPSA) is 73.6 Å². The van der Waals surface area contributed by atoms with Crippen LogP contribution in [0.4, 0.5) is 11.4 Å². The average molecular weight is 282 g/mol. The molecule has 0 aliphatic heterocycles. The molecular formula is C14H22N2O4. The van der Waals surface area contributed by atoms with Crippen LogP contribution >= 0.6 is 0 Å². The number of rotatable bonds is 9. The summed E-state index contributed by atoms with van der Waals surface area (Å²) >= 11 is 0. The predicted octanol–water partition coefficient (Wildman–Crippen LogP) is 2.97. The smallest absolute Gasteiger partial charge is 0.292 e. The van der Waals surface area contributed by atoms with Gasteiger partial charge in [0.05, 0.1) is 24.2 Å². The van der Waals surface area contributed by atoms with Crippen LogP contribution in [0.1, 0.15) is 26.3 Å². The van der Waals surface area contributed by atoms with Gasteiger partial charge in [-0.15, -0.1) is 0 Å². The zero-order chi connectivity index (χ0) is 15.0. The molecule has 0 bridgehead atoms. The van der Waals surface area contributed by atoms with Crippen molar-refractivity contribution in [3.05, 3.63) is 33.9 Å². The first-order valence-corrected chi connectivity index (χ1v) is 6.79. The SMILES string of the molecule is CCNc1ccc(COC(C)COCC)cc1[N+](=O)[O-]. The maximum Gasteiger partial charge on any atom is 0.292 e. The number of hydrogen-bond acceptors (Lipinski definition) is 5. The van der Waals surface area contributed by atoms with Gasteiger partial charge in [-0.05, 0) is 32.4 Å². The first-order chi connectivity index (χ1) is 9.58. The molecule has 20 heavy (non-hydrogen) atoms. The fourth-order valence-electron chi connectivity index (χ4n) is 1.73. The van der Waals surface area contributed by atoms with Crippen LogP contribution in [0.3, 0.4) is 0 Å². The summed E-state index contributed by atoms with van der Waals surface area (Å²) in [6.07, 6.45) is -0.0394. The fraction of sp³-hybridized carbons (Fsp3) is 0.571. The molecule has 112 valence electrons. The van der Waals surface area contributed by atoms with Crippen molar-refractivity contribution in [3.63, 3.8) is 0 Å². The summed E-state index contributed by atoms with van der Waals surface area (Å²) in [4.78, 5) is 10.6. The third kappa shape index (κ3) is 5.14. The Balaban J connectivity index is 2.67. The van der Waals surface area contributed by atoms with Gasteiger partial charge >= 0.3 is 0 Å². The summed E-state index contributed by atoms with van der Waals surface area (Å²) in [5.74, 6) is 0. The quantitative estimate of drug-likeness (QED) is 0.557. The normalized spacial score (nSPS) is 12.2. The van der Waals surface area contributed by atoms with Crippen molar-refractivity contribution in [2.75, 3.05) is 25.1 Å². The molecule has 0 radical (unpaired) electrons. The zero-order valence-electron chi connectivity index (χ0n) is 12.2. The van der Waals surface area contributed by atoms with E-state index in [0.29, 0.717) is 32.1 Å². The summed E-state index contributed by atoms with van der Waals surface area (Å²) in [5, 5.41) is 14.0. The molecule has 6 nitrogen and oxygen atoms in total. The highest BCUT2D eigenvalue weighted by atomic mass is 16.6. The van der Waals surface area contributed by atoms with Crippen LogP contribution in [-0.2, 0) is 16.1 Å². The van der Waals surface area contributed by atoms with Gasteiger partial charge in [-0.2, -0.15) is 0 Å². The van der Waals surface area contributed by atoms with Crippen molar-refractivity contribution in [2.24, 2.45) is 0 Å². The van der Waals surface area contributed by atoms with Crippen LogP contribution in [0.2, 0.25) is 0 Å². The molecule has 1 unspecified atom stereocenters. The van der Waals surface area contributed by atoms with Gasteiger partial charge in [0.25, 0.3) is 5.69 Å². The van der Waals surface area contributed by atoms with Crippen molar-refractivity contribution in [3.8, 4) is 0 Å². The number of nitro groups is 1. The maximum atomic E-state index is 11.0. The number of ether oxygens (including phenoxy) is 2. The van der Waals surface area contributed by atoms with E-state index < -0.39 is 0 Å². The standard InChI is InChI=1S/C14H22N2O4/c1-4-15-13-7-6-12(8-14(13)16(17)18)10-20-11(3)9-19-5-2/h6-8,11,15H,4-5,9-10H2,1-3H3. The number of nitro benzene ring substituents is 1. The molecule has 1 aromatic carbocycles. The van der Waals surface area contributed by atoms with Gasteiger partial charge in [-0.25, -0.2) is 0 Å². The Labute approximate surface area is 119 Å². The van der Waals surface area contributed by atoms with Crippen molar-refractivity contribution in [2.45, 2.75) is 33.5 Å². The van der Waals surface area contributed by atoms with Crippen molar-refractivity contribution < 1.29 is 14.4 Å². The summed E-state index contributed by atoms with van der Waals surface area (Å²) in [5.41, 5.74) is 1.38. The van der Waals surface area contributed by atoms with E-state index in [-0.39, 0.29) is 16.7 Å². The van der Waals surface area contributed by atoms with E-state index in [2.05, 4.69) is 5.32 Å². The lowest BCUT2D eigenvalue weighted by Gasteiger charge is -2.13. The van der Waals surface area contributed by atoms with Crippen LogP contribution in [0.5, 0.6) is 0 Å². The minimum absolute atomic E-state index is 0.0394. The number of hydrogen-bond donors (Lipinski definition) is 1. The molecule has 0 aliphatic carbocycles. The van der Waals surface area contributed by atoms with E-state index in [0.717, 1.165) is 5.56 Å². The van der Waals surface area contributed by atoms with Gasteiger partial charge in [0.15, 0.2) is 0 Å². The number of benzene rings is 1. The summed E-state index contributed by atoms with van der Waals surface area (Å²) < 4.78 is 10.9. The first-order valence-electron chi connectivity index (χ1n) is 6.79. The Bertz CT molecular complexity index is 437. The minimum atomic E-state index is -0.384. The molecule has 1 N–H and O–H groups in total. The van der Waals surface area contributed by atoms with E-state index in [4.69, 9.17) is 9.47 Å². The van der Waals surface area contributed by atoms with E-state index in [9.17, 15) is 10.1 Å². The molecule has 1 atom stereocenters. The molecule has 0 aliphatic rings. The number of nitrogens with zero attached hydrogens (tertiary/aromatic N) is 1. The van der Waals surface area contributed by atoms with E-state index in [1.807, 2.05) is 26.8 Å². The second-order valence-electron chi connectivity index (χ2n) is 4.42. The van der Waals surface area contributed by atoms with Crippen molar-refractivity contribution in [1.82, 2.24) is 0 Å². The number of nitrogens with one attached hydrogen (secondary N) is 1. The van der Waals surface area contributed by atoms with Crippen LogP contribution in [-0.4, -0.2) is 30.8 Å². The summed E-state index contributed by atoms with van der Waals surface area (Å²) in [6.45, 7) is 7.89. The van der Waals surface area contributed by atoms with E-state index >= 15 is 0 Å². The highest BCUT2D eigenvalue weighted by molar-refractivity contribution is 5.62. The Morgan fingerprint density at radius 1 is 1.40 bits per heavy atom. The largest absolute Gasteiger partial charge is 0.380 e. The molecular weight excluding hydrogens is 260 g/mol. The predicted molar refractivity (Wildman–Crippen MR) is 78.0 cm³/mol. The lowest BCUT2D eigenvalue weighted by atomic mass is 10.2. The lowest BCUT2D eigenvalue weighted by molar-refractivity contribution is -0.384. The molecule has 0 saturated carbocycles. The fourth-order valence-corrected chi connectivity index (χ4v) is 1.73. The molecule has 0 amide bonds. The average Bonchev–Trinajstić information content (AvgIpc) is 2.44. The van der Waals surface area contributed by atoms with Gasteiger partial charge < -0.3 is 14.8 Å². The molecule has 0 aromatic heterocycles. The van der Waals surface area contributed by atoms with Crippen LogP contribution < -0.4 is 5.32 Å². The van der Waals surface area contributed by atoms with Crippen molar-refractivity contribution >= 4 is 11.4 Å². The molecule has 1 aromatic rings. The van der Waals surface area contributed by atoms with E-state index in [1.54, 1.807) is 12.1 Å². The monoisotopic (exact) mass is 282 g/mol. The molecule has 0 heterocycles. The van der Waals surface area contributed by atoms with Gasteiger partial charge in [0, 0.05) is 19.2 Å². The van der Waals surface area contributed by atoms with Crippen molar-refractivity contribution in [1.29, 1.82) is 0 Å². The highest BCUT2D eigenvalue weighted by Gasteiger charge is 2.14. The summed E-state index contributed by atoms with van der Waals surface area (Å²) in [6, 6.07) is 5.09. The highest BCUT2D eigenvalue weighted by Crippen LogP contribution is 2.25. The first kappa shape index (κ1) is 16.4. The Hall–Kier alpha value is -1.66. The second-order valence-corrected chi connectivity index (χ2v) is 4.42. The minimum Gasteiger partial charge on any atom is -0.380 e. The van der Waals surface area contributed by atoms with Gasteiger partial charge in [0.1, 0.15) is 5.69 Å². The Morgan fingerprint density at radius 2 is 2.15 bits per heavy atom. The molecule has 1 rings (SSSR count). The Kier molecular flexibility index (Phi) is 6.97. The second kappa shape index (κ2) is 8.50. The van der Waals surface area contributed by atoms with Crippen LogP contribution in [0.15, 0.2) is 18.2 Å². The maximum absolute atomic E-state index is 11.0. The van der Waals surface area contributed by atoms with Crippen LogP contribution in [0, 0.1) is 10.1 Å². The molecule has 0 fully saturated rings. The molecule has 0 saturated heterocycles. The zero-order valence-corrected chi connectivity index (χ0v) is 12.2. The third-order valence-electron chi connectivity index (χ3n) is 2.72. The van der Waals surface area contributed by atoms with Gasteiger partial charge in [-0.3, -0.25) is 10.1 Å². The van der Waals surface area contributed by atoms with Gasteiger partial charge in [-0.1, -0.05) is 6.07 Å². The Morgan fingerprint density at radius 3 is 2.75 bits per heavy atom. The third-order valence-corrected chi connectivity index (χ3v) is 2.72. The molecule has 6 heteroatoms.